The molecule has 3 aliphatic heterocycles. The monoisotopic (exact) mass is 450 g/mol. The van der Waals surface area contributed by atoms with Crippen molar-refractivity contribution in [2.45, 2.75) is 83.1 Å². The topological polar surface area (TPSA) is 132 Å². The normalized spacial score (nSPS) is 29.8. The molecule has 4 rings (SSSR count). The van der Waals surface area contributed by atoms with Crippen molar-refractivity contribution in [3.8, 4) is 0 Å². The number of rotatable bonds is 3. The molecule has 3 saturated heterocycles. The van der Waals surface area contributed by atoms with Crippen LogP contribution in [0, 0.1) is 6.92 Å². The molecular formula is C21H30N4O7. The Morgan fingerprint density at radius 1 is 1.28 bits per heavy atom. The number of aryl methyl sites for hydroxylation is 1. The lowest BCUT2D eigenvalue weighted by Gasteiger charge is -2.29. The molecule has 0 radical (unpaired) electrons. The predicted octanol–water partition coefficient (Wildman–Crippen LogP) is 0.416. The van der Waals surface area contributed by atoms with Gasteiger partial charge in [-0.25, -0.2) is 9.59 Å². The van der Waals surface area contributed by atoms with Crippen LogP contribution < -0.4 is 16.6 Å². The highest BCUT2D eigenvalue weighted by Crippen LogP contribution is 2.36. The van der Waals surface area contributed by atoms with E-state index in [-0.39, 0.29) is 18.6 Å². The zero-order valence-corrected chi connectivity index (χ0v) is 18.8. The molecule has 1 aromatic rings. The van der Waals surface area contributed by atoms with Crippen LogP contribution in [-0.2, 0) is 19.0 Å². The molecule has 0 saturated carbocycles. The average Bonchev–Trinajstić information content (AvgIpc) is 3.40. The Morgan fingerprint density at radius 2 is 2.03 bits per heavy atom. The molecule has 1 aromatic heterocycles. The molecule has 0 bridgehead atoms. The van der Waals surface area contributed by atoms with Gasteiger partial charge in [-0.05, 0) is 40.5 Å². The molecule has 0 unspecified atom stereocenters. The Kier molecular flexibility index (Phi) is 5.89. The van der Waals surface area contributed by atoms with Crippen molar-refractivity contribution in [2.24, 2.45) is 0 Å². The fourth-order valence-corrected chi connectivity index (χ4v) is 4.46. The quantitative estimate of drug-likeness (QED) is 0.682. The number of aromatic nitrogens is 2. The van der Waals surface area contributed by atoms with Crippen molar-refractivity contribution >= 4 is 12.0 Å². The van der Waals surface area contributed by atoms with Crippen LogP contribution in [0.25, 0.3) is 0 Å². The molecule has 0 aliphatic carbocycles. The van der Waals surface area contributed by atoms with E-state index in [0.717, 1.165) is 6.42 Å². The van der Waals surface area contributed by atoms with E-state index >= 15 is 0 Å². The second-order valence-corrected chi connectivity index (χ2v) is 9.59. The summed E-state index contributed by atoms with van der Waals surface area (Å²) in [5.74, 6) is -0.272. The first-order valence-electron chi connectivity index (χ1n) is 10.9. The molecule has 176 valence electrons. The molecule has 4 heterocycles. The molecule has 2 amide bonds. The van der Waals surface area contributed by atoms with Gasteiger partial charge in [-0.1, -0.05) is 0 Å². The Hall–Kier alpha value is -2.66. The van der Waals surface area contributed by atoms with E-state index in [1.165, 1.54) is 15.7 Å². The minimum atomic E-state index is -0.641. The summed E-state index contributed by atoms with van der Waals surface area (Å²) in [7, 11) is 0. The number of fused-ring (bicyclic) bond motifs is 1. The zero-order chi connectivity index (χ0) is 23.2. The first kappa shape index (κ1) is 22.5. The lowest BCUT2D eigenvalue weighted by atomic mass is 10.1. The highest BCUT2D eigenvalue weighted by molar-refractivity contribution is 5.86. The van der Waals surface area contributed by atoms with E-state index in [2.05, 4.69) is 10.3 Å². The number of carbonyl (C=O) groups excluding carboxylic acids is 2. The van der Waals surface area contributed by atoms with E-state index in [1.807, 2.05) is 0 Å². The predicted molar refractivity (Wildman–Crippen MR) is 112 cm³/mol. The molecule has 3 aliphatic rings. The molecule has 0 aromatic carbocycles. The number of amides is 2. The van der Waals surface area contributed by atoms with Gasteiger partial charge in [0, 0.05) is 24.7 Å². The second-order valence-electron chi connectivity index (χ2n) is 9.59. The van der Waals surface area contributed by atoms with E-state index in [1.54, 1.807) is 27.7 Å². The number of hydrogen-bond donors (Lipinski definition) is 2. The first-order chi connectivity index (χ1) is 15.0. The summed E-state index contributed by atoms with van der Waals surface area (Å²) in [5, 5.41) is 2.96. The maximum Gasteiger partial charge on any atom is 0.410 e. The number of nitrogens with one attached hydrogen (secondary N) is 2. The standard InChI is InChI=1S/C21H30N4O7/c1-11-9-25(19(28)23-17(11)26)15-8-14-16(31-15)12(10-30-14)22-18(27)13-6-5-7-24(13)20(29)32-21(2,3)4/h9,12-16H,5-8,10H2,1-4H3,(H,22,27)(H,23,26,28)/t12-,13+,14+,15+,16+/m0/s1. The van der Waals surface area contributed by atoms with Crippen molar-refractivity contribution in [2.75, 3.05) is 13.2 Å². The maximum absolute atomic E-state index is 13.0. The highest BCUT2D eigenvalue weighted by atomic mass is 16.6. The minimum absolute atomic E-state index is 0.272. The van der Waals surface area contributed by atoms with Gasteiger partial charge in [0.05, 0.1) is 18.8 Å². The van der Waals surface area contributed by atoms with E-state index in [0.29, 0.717) is 24.9 Å². The van der Waals surface area contributed by atoms with Gasteiger partial charge in [-0.2, -0.15) is 0 Å². The third-order valence-electron chi connectivity index (χ3n) is 5.97. The Labute approximate surface area is 185 Å². The van der Waals surface area contributed by atoms with Gasteiger partial charge in [0.2, 0.25) is 5.91 Å². The van der Waals surface area contributed by atoms with Crippen molar-refractivity contribution < 1.29 is 23.8 Å². The summed E-state index contributed by atoms with van der Waals surface area (Å²) >= 11 is 0. The number of nitrogens with zero attached hydrogens (tertiary/aromatic N) is 2. The van der Waals surface area contributed by atoms with E-state index < -0.39 is 47.4 Å². The number of aromatic amines is 1. The fraction of sp³-hybridized carbons (Fsp3) is 0.714. The minimum Gasteiger partial charge on any atom is -0.444 e. The van der Waals surface area contributed by atoms with Gasteiger partial charge >= 0.3 is 11.8 Å². The summed E-state index contributed by atoms with van der Waals surface area (Å²) in [6.07, 6.45) is 1.36. The van der Waals surface area contributed by atoms with Crippen molar-refractivity contribution in [1.29, 1.82) is 0 Å². The summed E-state index contributed by atoms with van der Waals surface area (Å²) in [4.78, 5) is 53.1. The van der Waals surface area contributed by atoms with Crippen LogP contribution in [0.15, 0.2) is 15.8 Å². The maximum atomic E-state index is 13.0. The van der Waals surface area contributed by atoms with Crippen LogP contribution in [0.4, 0.5) is 4.79 Å². The van der Waals surface area contributed by atoms with Crippen molar-refractivity contribution in [1.82, 2.24) is 19.8 Å². The number of carbonyl (C=O) groups is 2. The molecule has 11 heteroatoms. The van der Waals surface area contributed by atoms with Crippen LogP contribution in [0.1, 0.15) is 51.8 Å². The van der Waals surface area contributed by atoms with Gasteiger partial charge < -0.3 is 19.5 Å². The highest BCUT2D eigenvalue weighted by Gasteiger charge is 2.48. The number of ether oxygens (including phenoxy) is 3. The fourth-order valence-electron chi connectivity index (χ4n) is 4.46. The SMILES string of the molecule is Cc1cn([C@H]2C[C@H]3OC[C@H](NC(=O)[C@H]4CCCN4C(=O)OC(C)(C)C)[C@H]3O2)c(=O)[nH]c1=O. The Morgan fingerprint density at radius 3 is 2.75 bits per heavy atom. The molecule has 3 fully saturated rings. The third kappa shape index (κ3) is 4.44. The molecular weight excluding hydrogens is 420 g/mol. The smallest absolute Gasteiger partial charge is 0.410 e. The molecule has 5 atom stereocenters. The Balaban J connectivity index is 1.41. The molecule has 32 heavy (non-hydrogen) atoms. The Bertz CT molecular complexity index is 1010. The van der Waals surface area contributed by atoms with Crippen LogP contribution in [0.3, 0.4) is 0 Å². The van der Waals surface area contributed by atoms with E-state index in [9.17, 15) is 19.2 Å². The lowest BCUT2D eigenvalue weighted by Crippen LogP contribution is -2.52. The zero-order valence-electron chi connectivity index (χ0n) is 18.8. The summed E-state index contributed by atoms with van der Waals surface area (Å²) in [6, 6.07) is -1.01. The summed E-state index contributed by atoms with van der Waals surface area (Å²) in [6.45, 7) is 7.72. The van der Waals surface area contributed by atoms with Crippen LogP contribution >= 0.6 is 0 Å². The van der Waals surface area contributed by atoms with Gasteiger partial charge in [0.25, 0.3) is 5.56 Å². The molecule has 2 N–H and O–H groups in total. The molecule has 0 spiro atoms. The second kappa shape index (κ2) is 8.36. The van der Waals surface area contributed by atoms with Gasteiger partial charge in [-0.15, -0.1) is 0 Å². The lowest BCUT2D eigenvalue weighted by molar-refractivity contribution is -0.127. The van der Waals surface area contributed by atoms with Crippen LogP contribution in [-0.4, -0.2) is 69.5 Å². The summed E-state index contributed by atoms with van der Waals surface area (Å²) in [5.41, 5.74) is -1.22. The van der Waals surface area contributed by atoms with Crippen LogP contribution in [0.2, 0.25) is 0 Å². The number of likely N-dealkylation sites (tertiary alicyclic amines) is 1. The van der Waals surface area contributed by atoms with E-state index in [4.69, 9.17) is 14.2 Å². The van der Waals surface area contributed by atoms with Gasteiger partial charge in [0.1, 0.15) is 24.0 Å². The number of H-pyrrole nitrogens is 1. The summed E-state index contributed by atoms with van der Waals surface area (Å²) < 4.78 is 18.6. The van der Waals surface area contributed by atoms with Crippen LogP contribution in [0.5, 0.6) is 0 Å². The van der Waals surface area contributed by atoms with Gasteiger partial charge in [-0.3, -0.25) is 24.0 Å². The average molecular weight is 450 g/mol. The van der Waals surface area contributed by atoms with Crippen molar-refractivity contribution in [3.63, 3.8) is 0 Å². The third-order valence-corrected chi connectivity index (χ3v) is 5.97. The first-order valence-corrected chi connectivity index (χ1v) is 10.9. The van der Waals surface area contributed by atoms with Crippen molar-refractivity contribution in [3.05, 3.63) is 32.6 Å². The largest absolute Gasteiger partial charge is 0.444 e. The molecule has 11 nitrogen and oxygen atoms in total. The van der Waals surface area contributed by atoms with Gasteiger partial charge in [0.15, 0.2) is 0 Å². The number of hydrogen-bond acceptors (Lipinski definition) is 7.